The maximum Gasteiger partial charge on any atom is 0.317 e. The number of hydrogen-bond donors (Lipinski definition) is 1. The number of urea groups is 1. The average molecular weight is 405 g/mol. The molecule has 5 nitrogen and oxygen atoms in total. The second-order valence-corrected chi connectivity index (χ2v) is 7.16. The first-order valence-corrected chi connectivity index (χ1v) is 9.90. The molecule has 1 unspecified atom stereocenters. The highest BCUT2D eigenvalue weighted by Gasteiger charge is 2.18. The summed E-state index contributed by atoms with van der Waals surface area (Å²) >= 11 is 0. The van der Waals surface area contributed by atoms with Crippen molar-refractivity contribution >= 4 is 6.03 Å². The first kappa shape index (κ1) is 21.2. The molecule has 5 heteroatoms. The van der Waals surface area contributed by atoms with Crippen LogP contribution in [0.25, 0.3) is 11.1 Å². The molecule has 1 N–H and O–H groups in total. The Morgan fingerprint density at radius 3 is 2.37 bits per heavy atom. The van der Waals surface area contributed by atoms with Gasteiger partial charge in [-0.2, -0.15) is 0 Å². The van der Waals surface area contributed by atoms with Gasteiger partial charge in [-0.15, -0.1) is 0 Å². The third-order valence-electron chi connectivity index (χ3n) is 5.10. The SMILES string of the molecule is COc1ccc(C(C)NC(=O)N(C)Cc2ccccc2-c2ccccc2)c(OC)c1. The van der Waals surface area contributed by atoms with Gasteiger partial charge in [-0.1, -0.05) is 54.6 Å². The minimum Gasteiger partial charge on any atom is -0.497 e. The number of benzene rings is 3. The molecule has 0 aliphatic rings. The van der Waals surface area contributed by atoms with E-state index in [2.05, 4.69) is 29.6 Å². The third kappa shape index (κ3) is 4.92. The van der Waals surface area contributed by atoms with Crippen LogP contribution in [0.15, 0.2) is 72.8 Å². The molecule has 0 heterocycles. The fourth-order valence-corrected chi connectivity index (χ4v) is 3.43. The number of nitrogens with one attached hydrogen (secondary N) is 1. The summed E-state index contributed by atoms with van der Waals surface area (Å²) in [6, 6.07) is 23.6. The van der Waals surface area contributed by atoms with E-state index in [1.54, 1.807) is 26.2 Å². The Morgan fingerprint density at radius 1 is 0.967 bits per heavy atom. The van der Waals surface area contributed by atoms with Crippen LogP contribution in [0.1, 0.15) is 24.1 Å². The van der Waals surface area contributed by atoms with E-state index in [0.717, 1.165) is 22.3 Å². The molecule has 0 bridgehead atoms. The monoisotopic (exact) mass is 404 g/mol. The van der Waals surface area contributed by atoms with E-state index in [4.69, 9.17) is 9.47 Å². The summed E-state index contributed by atoms with van der Waals surface area (Å²) in [5.41, 5.74) is 4.25. The topological polar surface area (TPSA) is 50.8 Å². The highest BCUT2D eigenvalue weighted by molar-refractivity contribution is 5.75. The van der Waals surface area contributed by atoms with Gasteiger partial charge in [0.2, 0.25) is 0 Å². The summed E-state index contributed by atoms with van der Waals surface area (Å²) in [5, 5.41) is 3.05. The minimum absolute atomic E-state index is 0.150. The number of nitrogens with zero attached hydrogens (tertiary/aromatic N) is 1. The average Bonchev–Trinajstić information content (AvgIpc) is 2.79. The largest absolute Gasteiger partial charge is 0.497 e. The van der Waals surface area contributed by atoms with E-state index in [-0.39, 0.29) is 12.1 Å². The van der Waals surface area contributed by atoms with Crippen LogP contribution in [-0.4, -0.2) is 32.2 Å². The molecular formula is C25H28N2O3. The predicted octanol–water partition coefficient (Wildman–Crippen LogP) is 5.27. The molecule has 3 aromatic carbocycles. The van der Waals surface area contributed by atoms with Gasteiger partial charge in [0.1, 0.15) is 11.5 Å². The van der Waals surface area contributed by atoms with Gasteiger partial charge < -0.3 is 19.7 Å². The lowest BCUT2D eigenvalue weighted by Crippen LogP contribution is -2.38. The molecule has 1 atom stereocenters. The van der Waals surface area contributed by atoms with Crippen molar-refractivity contribution in [2.24, 2.45) is 0 Å². The maximum absolute atomic E-state index is 12.9. The molecule has 0 fully saturated rings. The summed E-state index contributed by atoms with van der Waals surface area (Å²) in [4.78, 5) is 14.5. The van der Waals surface area contributed by atoms with E-state index < -0.39 is 0 Å². The second kappa shape index (κ2) is 9.83. The van der Waals surface area contributed by atoms with Crippen LogP contribution < -0.4 is 14.8 Å². The number of methoxy groups -OCH3 is 2. The van der Waals surface area contributed by atoms with Crippen molar-refractivity contribution < 1.29 is 14.3 Å². The van der Waals surface area contributed by atoms with Crippen molar-refractivity contribution in [3.05, 3.63) is 83.9 Å². The van der Waals surface area contributed by atoms with E-state index in [9.17, 15) is 4.79 Å². The summed E-state index contributed by atoms with van der Waals surface area (Å²) in [5.74, 6) is 1.39. The Hall–Kier alpha value is -3.47. The number of hydrogen-bond acceptors (Lipinski definition) is 3. The van der Waals surface area contributed by atoms with Gasteiger partial charge in [-0.25, -0.2) is 4.79 Å². The standard InChI is InChI=1S/C25H28N2O3/c1-18(22-15-14-21(29-3)16-24(22)30-4)26-25(28)27(2)17-20-12-8-9-13-23(20)19-10-6-5-7-11-19/h5-16,18H,17H2,1-4H3,(H,26,28). The number of rotatable bonds is 7. The van der Waals surface area contributed by atoms with Crippen molar-refractivity contribution in [3.63, 3.8) is 0 Å². The number of ether oxygens (including phenoxy) is 2. The highest BCUT2D eigenvalue weighted by atomic mass is 16.5. The van der Waals surface area contributed by atoms with Crippen molar-refractivity contribution in [2.45, 2.75) is 19.5 Å². The molecular weight excluding hydrogens is 376 g/mol. The second-order valence-electron chi connectivity index (χ2n) is 7.16. The molecule has 3 rings (SSSR count). The zero-order valence-corrected chi connectivity index (χ0v) is 17.9. The summed E-state index contributed by atoms with van der Waals surface area (Å²) in [6.07, 6.45) is 0. The van der Waals surface area contributed by atoms with Gasteiger partial charge in [0.15, 0.2) is 0 Å². The van der Waals surface area contributed by atoms with Gasteiger partial charge in [0.25, 0.3) is 0 Å². The Kier molecular flexibility index (Phi) is 6.96. The van der Waals surface area contributed by atoms with Gasteiger partial charge >= 0.3 is 6.03 Å². The first-order valence-electron chi connectivity index (χ1n) is 9.90. The van der Waals surface area contributed by atoms with E-state index >= 15 is 0 Å². The molecule has 3 aromatic rings. The molecule has 0 aliphatic heterocycles. The van der Waals surface area contributed by atoms with Crippen LogP contribution in [0.5, 0.6) is 11.5 Å². The minimum atomic E-state index is -0.217. The molecule has 0 radical (unpaired) electrons. The predicted molar refractivity (Wildman–Crippen MR) is 120 cm³/mol. The fraction of sp³-hybridized carbons (Fsp3) is 0.240. The zero-order valence-electron chi connectivity index (χ0n) is 17.9. The Morgan fingerprint density at radius 2 is 1.67 bits per heavy atom. The molecule has 0 saturated carbocycles. The number of carbonyl (C=O) groups excluding carboxylic acids is 1. The van der Waals surface area contributed by atoms with Crippen molar-refractivity contribution in [1.29, 1.82) is 0 Å². The summed E-state index contributed by atoms with van der Waals surface area (Å²) < 4.78 is 10.7. The Bertz CT molecular complexity index is 989. The van der Waals surface area contributed by atoms with Crippen LogP contribution in [0.4, 0.5) is 4.79 Å². The van der Waals surface area contributed by atoms with Gasteiger partial charge in [0.05, 0.1) is 20.3 Å². The van der Waals surface area contributed by atoms with E-state index in [0.29, 0.717) is 18.0 Å². The molecule has 0 saturated heterocycles. The van der Waals surface area contributed by atoms with Crippen molar-refractivity contribution in [3.8, 4) is 22.6 Å². The zero-order chi connectivity index (χ0) is 21.5. The van der Waals surface area contributed by atoms with E-state index in [1.807, 2.05) is 55.5 Å². The maximum atomic E-state index is 12.9. The van der Waals surface area contributed by atoms with Crippen LogP contribution in [-0.2, 0) is 6.54 Å². The van der Waals surface area contributed by atoms with Crippen LogP contribution in [0.3, 0.4) is 0 Å². The van der Waals surface area contributed by atoms with Gasteiger partial charge in [-0.05, 0) is 35.7 Å². The quantitative estimate of drug-likeness (QED) is 0.583. The van der Waals surface area contributed by atoms with Crippen molar-refractivity contribution in [2.75, 3.05) is 21.3 Å². The number of carbonyl (C=O) groups is 1. The highest BCUT2D eigenvalue weighted by Crippen LogP contribution is 2.29. The Balaban J connectivity index is 1.72. The smallest absolute Gasteiger partial charge is 0.317 e. The van der Waals surface area contributed by atoms with E-state index in [1.165, 1.54) is 0 Å². The molecule has 0 spiro atoms. The summed E-state index contributed by atoms with van der Waals surface area (Å²) in [6.45, 7) is 2.44. The van der Waals surface area contributed by atoms with Gasteiger partial charge in [0, 0.05) is 25.2 Å². The van der Waals surface area contributed by atoms with Crippen LogP contribution in [0, 0.1) is 0 Å². The normalized spacial score (nSPS) is 11.5. The number of amides is 2. The lowest BCUT2D eigenvalue weighted by molar-refractivity contribution is 0.203. The van der Waals surface area contributed by atoms with Crippen molar-refractivity contribution in [1.82, 2.24) is 10.2 Å². The first-order chi connectivity index (χ1) is 14.5. The van der Waals surface area contributed by atoms with Gasteiger partial charge in [-0.3, -0.25) is 0 Å². The van der Waals surface area contributed by atoms with Crippen LogP contribution >= 0.6 is 0 Å². The molecule has 30 heavy (non-hydrogen) atoms. The molecule has 0 aromatic heterocycles. The lowest BCUT2D eigenvalue weighted by atomic mass is 9.99. The molecule has 2 amide bonds. The Labute approximate surface area is 178 Å². The molecule has 156 valence electrons. The summed E-state index contributed by atoms with van der Waals surface area (Å²) in [7, 11) is 5.02. The van der Waals surface area contributed by atoms with Crippen LogP contribution in [0.2, 0.25) is 0 Å². The lowest BCUT2D eigenvalue weighted by Gasteiger charge is -2.24. The fourth-order valence-electron chi connectivity index (χ4n) is 3.43. The molecule has 0 aliphatic carbocycles. The third-order valence-corrected chi connectivity index (χ3v) is 5.10.